The molecule has 0 saturated heterocycles. The van der Waals surface area contributed by atoms with Crippen LogP contribution in [0.15, 0.2) is 30.4 Å². The second-order valence-corrected chi connectivity index (χ2v) is 2.75. The summed E-state index contributed by atoms with van der Waals surface area (Å²) in [5.41, 5.74) is 0. The lowest BCUT2D eigenvalue weighted by atomic mass is 10.2. The Labute approximate surface area is 69.3 Å². The van der Waals surface area contributed by atoms with Crippen molar-refractivity contribution in [1.82, 2.24) is 0 Å². The Morgan fingerprint density at radius 1 is 1.00 bits per heavy atom. The fourth-order valence-corrected chi connectivity index (χ4v) is 1.08. The van der Waals surface area contributed by atoms with Gasteiger partial charge >= 0.3 is 0 Å². The molecule has 0 unspecified atom stereocenters. The number of hydrogen-bond acceptors (Lipinski definition) is 0. The lowest BCUT2D eigenvalue weighted by Crippen LogP contribution is -1.71. The number of rotatable bonds is 0. The Bertz CT molecular complexity index is 161. The molecule has 0 saturated carbocycles. The summed E-state index contributed by atoms with van der Waals surface area (Å²) in [5, 5.41) is 0. The standard InChI is InChI=1S/C11H15/c1-2-4-6-8-10-11-9-7-5-3-1/h1-3,6,8H,4,7,9-11H2/b2-1-,5-3?,8-6-. The second kappa shape index (κ2) is 5.96. The summed E-state index contributed by atoms with van der Waals surface area (Å²) in [6.45, 7) is 0. The molecule has 0 heteroatoms. The van der Waals surface area contributed by atoms with Gasteiger partial charge in [0, 0.05) is 0 Å². The van der Waals surface area contributed by atoms with Gasteiger partial charge in [-0.1, -0.05) is 30.4 Å². The van der Waals surface area contributed by atoms with Crippen molar-refractivity contribution in [2.75, 3.05) is 0 Å². The van der Waals surface area contributed by atoms with Crippen LogP contribution < -0.4 is 0 Å². The fourth-order valence-electron chi connectivity index (χ4n) is 1.08. The molecule has 0 fully saturated rings. The SMILES string of the molecule is [C]1=C\C=C/C/C=C\CCCC/1. The minimum absolute atomic E-state index is 1.07. The van der Waals surface area contributed by atoms with Crippen molar-refractivity contribution in [3.8, 4) is 0 Å². The Morgan fingerprint density at radius 3 is 3.00 bits per heavy atom. The van der Waals surface area contributed by atoms with E-state index >= 15 is 0 Å². The molecule has 1 radical (unpaired) electrons. The van der Waals surface area contributed by atoms with E-state index in [0.29, 0.717) is 0 Å². The van der Waals surface area contributed by atoms with Crippen molar-refractivity contribution in [3.63, 3.8) is 0 Å². The van der Waals surface area contributed by atoms with Gasteiger partial charge in [0.1, 0.15) is 0 Å². The zero-order valence-corrected chi connectivity index (χ0v) is 6.92. The van der Waals surface area contributed by atoms with E-state index in [2.05, 4.69) is 30.4 Å². The third-order valence-electron chi connectivity index (χ3n) is 1.73. The van der Waals surface area contributed by atoms with Crippen LogP contribution >= 0.6 is 0 Å². The molecule has 1 rings (SSSR count). The first-order valence-electron chi connectivity index (χ1n) is 4.37. The second-order valence-electron chi connectivity index (χ2n) is 2.75. The minimum atomic E-state index is 1.07. The van der Waals surface area contributed by atoms with E-state index < -0.39 is 0 Å². The summed E-state index contributed by atoms with van der Waals surface area (Å²) in [7, 11) is 0. The van der Waals surface area contributed by atoms with Crippen LogP contribution in [-0.2, 0) is 0 Å². The maximum atomic E-state index is 3.24. The van der Waals surface area contributed by atoms with Gasteiger partial charge in [-0.15, -0.1) is 0 Å². The molecule has 0 atom stereocenters. The van der Waals surface area contributed by atoms with Crippen molar-refractivity contribution < 1.29 is 0 Å². The van der Waals surface area contributed by atoms with Crippen LogP contribution in [0.1, 0.15) is 32.1 Å². The van der Waals surface area contributed by atoms with Crippen molar-refractivity contribution in [2.24, 2.45) is 0 Å². The van der Waals surface area contributed by atoms with Crippen LogP contribution in [0.5, 0.6) is 0 Å². The monoisotopic (exact) mass is 147 g/mol. The highest BCUT2D eigenvalue weighted by Crippen LogP contribution is 2.03. The lowest BCUT2D eigenvalue weighted by molar-refractivity contribution is 0.754. The van der Waals surface area contributed by atoms with E-state index in [4.69, 9.17) is 0 Å². The van der Waals surface area contributed by atoms with Gasteiger partial charge in [0.15, 0.2) is 0 Å². The molecule has 0 heterocycles. The van der Waals surface area contributed by atoms with Crippen LogP contribution in [-0.4, -0.2) is 0 Å². The van der Waals surface area contributed by atoms with Gasteiger partial charge in [0.25, 0.3) is 0 Å². The molecule has 1 aliphatic rings. The van der Waals surface area contributed by atoms with Gasteiger partial charge < -0.3 is 0 Å². The lowest BCUT2D eigenvalue weighted by Gasteiger charge is -1.90. The largest absolute Gasteiger partial charge is 0.0882 e. The van der Waals surface area contributed by atoms with Gasteiger partial charge in [0.2, 0.25) is 0 Å². The molecule has 59 valence electrons. The molecule has 0 aromatic heterocycles. The summed E-state index contributed by atoms with van der Waals surface area (Å²) in [4.78, 5) is 0. The highest BCUT2D eigenvalue weighted by atomic mass is 13.9. The molecule has 1 aliphatic carbocycles. The molecular formula is C11H15. The normalized spacial score (nSPS) is 28.4. The first-order valence-corrected chi connectivity index (χ1v) is 4.37. The molecule has 0 aliphatic heterocycles. The maximum Gasteiger partial charge on any atom is -0.0166 e. The fraction of sp³-hybridized carbons (Fsp3) is 0.455. The summed E-state index contributed by atoms with van der Waals surface area (Å²) in [6.07, 6.45) is 20.0. The molecule has 0 spiro atoms. The Hall–Kier alpha value is -0.780. The third-order valence-corrected chi connectivity index (χ3v) is 1.73. The molecule has 0 bridgehead atoms. The topological polar surface area (TPSA) is 0 Å². The van der Waals surface area contributed by atoms with Gasteiger partial charge in [0.05, 0.1) is 0 Å². The van der Waals surface area contributed by atoms with Crippen molar-refractivity contribution >= 4 is 0 Å². The van der Waals surface area contributed by atoms with Crippen LogP contribution in [0, 0.1) is 6.08 Å². The highest BCUT2D eigenvalue weighted by Gasteiger charge is 1.84. The Balaban J connectivity index is 2.35. The van der Waals surface area contributed by atoms with E-state index in [0.717, 1.165) is 12.8 Å². The van der Waals surface area contributed by atoms with E-state index in [1.54, 1.807) is 0 Å². The molecule has 11 heavy (non-hydrogen) atoms. The molecule has 0 aromatic rings. The van der Waals surface area contributed by atoms with E-state index in [9.17, 15) is 0 Å². The average Bonchev–Trinajstić information content (AvgIpc) is 2.08. The molecule has 0 N–H and O–H groups in total. The highest BCUT2D eigenvalue weighted by molar-refractivity contribution is 5.02. The number of allylic oxidation sites excluding steroid dienone is 6. The quantitative estimate of drug-likeness (QED) is 0.460. The Kier molecular flexibility index (Phi) is 4.51. The molecular weight excluding hydrogens is 132 g/mol. The van der Waals surface area contributed by atoms with Crippen LogP contribution in [0.4, 0.5) is 0 Å². The van der Waals surface area contributed by atoms with Crippen LogP contribution in [0.3, 0.4) is 0 Å². The van der Waals surface area contributed by atoms with Crippen molar-refractivity contribution in [3.05, 3.63) is 36.5 Å². The maximum absolute atomic E-state index is 3.24. The van der Waals surface area contributed by atoms with Crippen molar-refractivity contribution in [1.29, 1.82) is 0 Å². The van der Waals surface area contributed by atoms with Crippen LogP contribution in [0.2, 0.25) is 0 Å². The minimum Gasteiger partial charge on any atom is -0.0882 e. The molecule has 0 nitrogen and oxygen atoms in total. The zero-order chi connectivity index (χ0) is 7.78. The predicted octanol–water partition coefficient (Wildman–Crippen LogP) is 3.42. The van der Waals surface area contributed by atoms with Crippen LogP contribution in [0.25, 0.3) is 0 Å². The Morgan fingerprint density at radius 2 is 2.00 bits per heavy atom. The van der Waals surface area contributed by atoms with Gasteiger partial charge in [-0.25, -0.2) is 0 Å². The molecule has 0 aromatic carbocycles. The summed E-state index contributed by atoms with van der Waals surface area (Å²) >= 11 is 0. The van der Waals surface area contributed by atoms with E-state index in [1.807, 2.05) is 6.08 Å². The first-order chi connectivity index (χ1) is 5.50. The summed E-state index contributed by atoms with van der Waals surface area (Å²) < 4.78 is 0. The zero-order valence-electron chi connectivity index (χ0n) is 6.92. The smallest absolute Gasteiger partial charge is 0.0166 e. The first kappa shape index (κ1) is 8.32. The predicted molar refractivity (Wildman–Crippen MR) is 49.2 cm³/mol. The van der Waals surface area contributed by atoms with Gasteiger partial charge in [-0.3, -0.25) is 0 Å². The van der Waals surface area contributed by atoms with Gasteiger partial charge in [-0.2, -0.15) is 0 Å². The van der Waals surface area contributed by atoms with Gasteiger partial charge in [-0.05, 0) is 38.2 Å². The third kappa shape index (κ3) is 4.60. The average molecular weight is 147 g/mol. The van der Waals surface area contributed by atoms with Crippen molar-refractivity contribution in [2.45, 2.75) is 32.1 Å². The molecule has 0 amide bonds. The van der Waals surface area contributed by atoms with E-state index in [1.165, 1.54) is 19.3 Å². The van der Waals surface area contributed by atoms with E-state index in [-0.39, 0.29) is 0 Å². The summed E-state index contributed by atoms with van der Waals surface area (Å²) in [5.74, 6) is 0. The summed E-state index contributed by atoms with van der Waals surface area (Å²) in [6, 6.07) is 0. The number of hydrogen-bond donors (Lipinski definition) is 0.